The Balaban J connectivity index is 3.70. The molecule has 0 saturated heterocycles. The van der Waals surface area contributed by atoms with Crippen molar-refractivity contribution in [3.05, 3.63) is 0 Å². The monoisotopic (exact) mass is 173 g/mol. The first kappa shape index (κ1) is 10.0. The Hall–Kier alpha value is -0.980. The largest absolute Gasteiger partial charge is 0.465 e. The number of alkyl halides is 3. The second kappa shape index (κ2) is 3.42. The lowest BCUT2D eigenvalue weighted by Crippen LogP contribution is -2.40. The van der Waals surface area contributed by atoms with Gasteiger partial charge in [-0.25, -0.2) is 4.79 Å². The fourth-order valence-electron chi connectivity index (χ4n) is 0.300. The Kier molecular flexibility index (Phi) is 3.12. The van der Waals surface area contributed by atoms with E-state index in [4.69, 9.17) is 10.2 Å². The second-order valence-corrected chi connectivity index (χ2v) is 1.74. The van der Waals surface area contributed by atoms with Crippen LogP contribution >= 0.6 is 0 Å². The van der Waals surface area contributed by atoms with E-state index in [1.165, 1.54) is 5.32 Å². The van der Waals surface area contributed by atoms with Crippen LogP contribution in [0.2, 0.25) is 0 Å². The highest BCUT2D eigenvalue weighted by Crippen LogP contribution is 2.18. The minimum Gasteiger partial charge on any atom is -0.465 e. The molecule has 0 saturated carbocycles. The highest BCUT2D eigenvalue weighted by Gasteiger charge is 2.38. The van der Waals surface area contributed by atoms with Crippen LogP contribution in [0.15, 0.2) is 0 Å². The quantitative estimate of drug-likeness (QED) is 0.557. The van der Waals surface area contributed by atoms with Gasteiger partial charge in [0.1, 0.15) is 0 Å². The smallest absolute Gasteiger partial charge is 0.416 e. The number of nitrogens with one attached hydrogen (secondary N) is 1. The van der Waals surface area contributed by atoms with Crippen molar-refractivity contribution in [2.45, 2.75) is 12.3 Å². The molecule has 3 N–H and O–H groups in total. The maximum Gasteiger partial charge on any atom is 0.416 e. The third-order valence-corrected chi connectivity index (χ3v) is 0.824. The molecule has 0 aliphatic carbocycles. The van der Waals surface area contributed by atoms with Gasteiger partial charge in [0.25, 0.3) is 0 Å². The number of aliphatic hydroxyl groups is 1. The molecule has 4 nitrogen and oxygen atoms in total. The first-order chi connectivity index (χ1) is 4.84. The fraction of sp³-hybridized carbons (Fsp3) is 0.750. The van der Waals surface area contributed by atoms with Gasteiger partial charge in [-0.15, -0.1) is 0 Å². The summed E-state index contributed by atoms with van der Waals surface area (Å²) in [6, 6.07) is 0. The summed E-state index contributed by atoms with van der Waals surface area (Å²) in [4.78, 5) is 9.64. The van der Waals surface area contributed by atoms with Crippen LogP contribution in [-0.4, -0.2) is 35.1 Å². The van der Waals surface area contributed by atoms with Gasteiger partial charge in [-0.1, -0.05) is 0 Å². The van der Waals surface area contributed by atoms with Gasteiger partial charge in [-0.05, 0) is 0 Å². The van der Waals surface area contributed by atoms with Gasteiger partial charge in [0.15, 0.2) is 6.10 Å². The lowest BCUT2D eigenvalue weighted by molar-refractivity contribution is -0.201. The molecule has 7 heteroatoms. The average Bonchev–Trinajstić information content (AvgIpc) is 1.80. The van der Waals surface area contributed by atoms with E-state index < -0.39 is 24.9 Å². The molecule has 66 valence electrons. The molecule has 0 radical (unpaired) electrons. The average molecular weight is 173 g/mol. The number of halogens is 3. The third kappa shape index (κ3) is 4.43. The lowest BCUT2D eigenvalue weighted by Gasteiger charge is -2.13. The van der Waals surface area contributed by atoms with E-state index in [1.807, 2.05) is 0 Å². The van der Waals surface area contributed by atoms with Crippen molar-refractivity contribution < 1.29 is 28.2 Å². The van der Waals surface area contributed by atoms with E-state index in [9.17, 15) is 18.0 Å². The highest BCUT2D eigenvalue weighted by molar-refractivity contribution is 5.64. The van der Waals surface area contributed by atoms with Crippen molar-refractivity contribution in [1.29, 1.82) is 0 Å². The molecule has 0 aromatic carbocycles. The molecular weight excluding hydrogens is 167 g/mol. The van der Waals surface area contributed by atoms with Gasteiger partial charge in [0.05, 0.1) is 6.54 Å². The van der Waals surface area contributed by atoms with E-state index >= 15 is 0 Å². The number of rotatable bonds is 2. The Labute approximate surface area is 59.6 Å². The molecule has 0 heterocycles. The van der Waals surface area contributed by atoms with Crippen molar-refractivity contribution in [3.8, 4) is 0 Å². The number of carbonyl (C=O) groups is 1. The van der Waals surface area contributed by atoms with Crippen LogP contribution in [0.25, 0.3) is 0 Å². The van der Waals surface area contributed by atoms with Crippen LogP contribution in [0.1, 0.15) is 0 Å². The number of hydrogen-bond acceptors (Lipinski definition) is 2. The zero-order valence-corrected chi connectivity index (χ0v) is 5.22. The molecule has 0 aromatic heterocycles. The zero-order chi connectivity index (χ0) is 9.07. The van der Waals surface area contributed by atoms with E-state index in [0.29, 0.717) is 0 Å². The zero-order valence-electron chi connectivity index (χ0n) is 5.22. The van der Waals surface area contributed by atoms with E-state index in [-0.39, 0.29) is 0 Å². The molecule has 0 spiro atoms. The summed E-state index contributed by atoms with van der Waals surface area (Å²) >= 11 is 0. The lowest BCUT2D eigenvalue weighted by atomic mass is 10.3. The van der Waals surface area contributed by atoms with Crippen molar-refractivity contribution in [2.75, 3.05) is 6.54 Å². The summed E-state index contributed by atoms with van der Waals surface area (Å²) in [6.45, 7) is -1.04. The van der Waals surface area contributed by atoms with Gasteiger partial charge in [0.2, 0.25) is 0 Å². The van der Waals surface area contributed by atoms with Crippen LogP contribution in [0.3, 0.4) is 0 Å². The molecule has 0 rings (SSSR count). The van der Waals surface area contributed by atoms with Crippen LogP contribution in [0.4, 0.5) is 18.0 Å². The van der Waals surface area contributed by atoms with Crippen molar-refractivity contribution in [1.82, 2.24) is 5.32 Å². The molecule has 1 amide bonds. The van der Waals surface area contributed by atoms with Crippen LogP contribution < -0.4 is 5.32 Å². The van der Waals surface area contributed by atoms with E-state index in [2.05, 4.69) is 0 Å². The normalized spacial score (nSPS) is 14.2. The summed E-state index contributed by atoms with van der Waals surface area (Å²) in [7, 11) is 0. The Morgan fingerprint density at radius 2 is 2.00 bits per heavy atom. The number of hydrogen-bond donors (Lipinski definition) is 3. The van der Waals surface area contributed by atoms with E-state index in [0.717, 1.165) is 0 Å². The van der Waals surface area contributed by atoms with Gasteiger partial charge in [0, 0.05) is 0 Å². The molecule has 0 fully saturated rings. The Morgan fingerprint density at radius 1 is 1.55 bits per heavy atom. The first-order valence-corrected chi connectivity index (χ1v) is 2.55. The van der Waals surface area contributed by atoms with Crippen LogP contribution in [0, 0.1) is 0 Å². The minimum absolute atomic E-state index is 1.04. The summed E-state index contributed by atoms with van der Waals surface area (Å²) in [5.74, 6) is 0. The van der Waals surface area contributed by atoms with Crippen molar-refractivity contribution in [3.63, 3.8) is 0 Å². The summed E-state index contributed by atoms with van der Waals surface area (Å²) in [5.41, 5.74) is 0. The molecule has 0 aliphatic heterocycles. The van der Waals surface area contributed by atoms with Gasteiger partial charge < -0.3 is 15.5 Å². The number of carboxylic acid groups (broad SMARTS) is 1. The number of amides is 1. The van der Waals surface area contributed by atoms with Gasteiger partial charge in [-0.3, -0.25) is 0 Å². The van der Waals surface area contributed by atoms with Crippen molar-refractivity contribution >= 4 is 6.09 Å². The van der Waals surface area contributed by atoms with Gasteiger partial charge in [-0.2, -0.15) is 13.2 Å². The van der Waals surface area contributed by atoms with Crippen LogP contribution in [-0.2, 0) is 0 Å². The molecule has 11 heavy (non-hydrogen) atoms. The second-order valence-electron chi connectivity index (χ2n) is 1.74. The van der Waals surface area contributed by atoms with Crippen molar-refractivity contribution in [2.24, 2.45) is 0 Å². The Morgan fingerprint density at radius 3 is 2.27 bits per heavy atom. The van der Waals surface area contributed by atoms with Gasteiger partial charge >= 0.3 is 12.3 Å². The van der Waals surface area contributed by atoms with E-state index in [1.54, 1.807) is 0 Å². The summed E-state index contributed by atoms with van der Waals surface area (Å²) < 4.78 is 34.2. The molecule has 0 aromatic rings. The SMILES string of the molecule is O=C(O)NC[C@H](O)C(F)(F)F. The highest BCUT2D eigenvalue weighted by atomic mass is 19.4. The molecule has 0 aliphatic rings. The first-order valence-electron chi connectivity index (χ1n) is 2.55. The fourth-order valence-corrected chi connectivity index (χ4v) is 0.300. The minimum atomic E-state index is -4.78. The third-order valence-electron chi connectivity index (χ3n) is 0.824. The predicted octanol–water partition coefficient (Wildman–Crippen LogP) is 0.177. The molecule has 0 unspecified atom stereocenters. The maximum absolute atomic E-state index is 11.4. The Bertz CT molecular complexity index is 146. The summed E-state index contributed by atoms with van der Waals surface area (Å²) in [6.07, 6.45) is -9.02. The predicted molar refractivity (Wildman–Crippen MR) is 28.1 cm³/mol. The standard InChI is InChI=1S/C4H6F3NO3/c5-4(6,7)2(9)1-8-3(10)11/h2,8-9H,1H2,(H,10,11)/t2-/m0/s1. The van der Waals surface area contributed by atoms with Crippen LogP contribution in [0.5, 0.6) is 0 Å². The maximum atomic E-state index is 11.4. The topological polar surface area (TPSA) is 69.6 Å². The molecule has 1 atom stereocenters. The molecular formula is C4H6F3NO3. The molecule has 0 bridgehead atoms. The number of aliphatic hydroxyl groups excluding tert-OH is 1. The summed E-state index contributed by atoms with van der Waals surface area (Å²) in [5, 5.41) is 17.4.